The minimum Gasteiger partial charge on any atom is -0.437 e. The predicted octanol–water partition coefficient (Wildman–Crippen LogP) is 3.49. The second-order valence-electron chi connectivity index (χ2n) is 3.67. The number of aromatic nitrogens is 1. The molecule has 18 heavy (non-hydrogen) atoms. The fourth-order valence-electron chi connectivity index (χ4n) is 1.50. The summed E-state index contributed by atoms with van der Waals surface area (Å²) in [4.78, 5) is 4.16. The number of hydrogen-bond acceptors (Lipinski definition) is 3. The van der Waals surface area contributed by atoms with E-state index in [2.05, 4.69) is 26.2 Å². The van der Waals surface area contributed by atoms with Gasteiger partial charge in [0.15, 0.2) is 0 Å². The molecule has 0 amide bonds. The van der Waals surface area contributed by atoms with Crippen molar-refractivity contribution in [1.29, 1.82) is 0 Å². The molecule has 1 aromatic heterocycles. The van der Waals surface area contributed by atoms with Gasteiger partial charge in [0, 0.05) is 24.4 Å². The molecule has 2 rings (SSSR count). The third-order valence-electron chi connectivity index (χ3n) is 2.32. The fourth-order valence-corrected chi connectivity index (χ4v) is 1.83. The van der Waals surface area contributed by atoms with Gasteiger partial charge in [-0.2, -0.15) is 0 Å². The lowest BCUT2D eigenvalue weighted by Crippen LogP contribution is -2.07. The molecule has 2 aromatic rings. The number of hydrogen-bond donors (Lipinski definition) is 1. The number of ether oxygens (including phenoxy) is 1. The Morgan fingerprint density at radius 2 is 2.22 bits per heavy atom. The molecule has 1 N–H and O–H groups in total. The van der Waals surface area contributed by atoms with Crippen molar-refractivity contribution in [3.8, 4) is 11.6 Å². The Labute approximate surface area is 113 Å². The number of rotatable bonds is 4. The van der Waals surface area contributed by atoms with Crippen LogP contribution in [0.2, 0.25) is 0 Å². The summed E-state index contributed by atoms with van der Waals surface area (Å²) >= 11 is 3.32. The van der Waals surface area contributed by atoms with E-state index < -0.39 is 0 Å². The predicted molar refractivity (Wildman–Crippen MR) is 71.2 cm³/mol. The van der Waals surface area contributed by atoms with Crippen molar-refractivity contribution in [2.24, 2.45) is 0 Å². The van der Waals surface area contributed by atoms with Gasteiger partial charge >= 0.3 is 0 Å². The second kappa shape index (κ2) is 5.93. The molecule has 0 saturated carbocycles. The van der Waals surface area contributed by atoms with Crippen LogP contribution in [0.25, 0.3) is 0 Å². The van der Waals surface area contributed by atoms with Gasteiger partial charge in [0.25, 0.3) is 0 Å². The average molecular weight is 311 g/mol. The SMILES string of the molecule is CNCc1cccnc1Oc1cc(F)ccc1Br. The first-order valence-corrected chi connectivity index (χ1v) is 6.21. The molecule has 5 heteroatoms. The summed E-state index contributed by atoms with van der Waals surface area (Å²) < 4.78 is 19.5. The van der Waals surface area contributed by atoms with E-state index in [0.29, 0.717) is 22.6 Å². The Morgan fingerprint density at radius 3 is 3.00 bits per heavy atom. The zero-order chi connectivity index (χ0) is 13.0. The van der Waals surface area contributed by atoms with E-state index in [1.807, 2.05) is 19.2 Å². The smallest absolute Gasteiger partial charge is 0.223 e. The lowest BCUT2D eigenvalue weighted by atomic mass is 10.2. The van der Waals surface area contributed by atoms with Gasteiger partial charge in [-0.05, 0) is 41.2 Å². The Balaban J connectivity index is 2.30. The van der Waals surface area contributed by atoms with Crippen molar-refractivity contribution >= 4 is 15.9 Å². The van der Waals surface area contributed by atoms with E-state index >= 15 is 0 Å². The Hall–Kier alpha value is -1.46. The molecular weight excluding hydrogens is 299 g/mol. The summed E-state index contributed by atoms with van der Waals surface area (Å²) in [6.45, 7) is 0.635. The lowest BCUT2D eigenvalue weighted by Gasteiger charge is -2.10. The van der Waals surface area contributed by atoms with Crippen molar-refractivity contribution in [2.75, 3.05) is 7.05 Å². The van der Waals surface area contributed by atoms with Gasteiger partial charge in [0.05, 0.1) is 4.47 Å². The van der Waals surface area contributed by atoms with Crippen LogP contribution in [0.3, 0.4) is 0 Å². The van der Waals surface area contributed by atoms with E-state index in [0.717, 1.165) is 5.56 Å². The maximum atomic E-state index is 13.2. The number of halogens is 2. The van der Waals surface area contributed by atoms with Crippen LogP contribution >= 0.6 is 15.9 Å². The monoisotopic (exact) mass is 310 g/mol. The highest BCUT2D eigenvalue weighted by Gasteiger charge is 2.08. The van der Waals surface area contributed by atoms with Gasteiger partial charge in [-0.3, -0.25) is 0 Å². The largest absolute Gasteiger partial charge is 0.437 e. The maximum Gasteiger partial charge on any atom is 0.223 e. The highest BCUT2D eigenvalue weighted by molar-refractivity contribution is 9.10. The molecule has 0 aliphatic rings. The van der Waals surface area contributed by atoms with Gasteiger partial charge in [-0.25, -0.2) is 9.37 Å². The quantitative estimate of drug-likeness (QED) is 0.938. The number of nitrogens with one attached hydrogen (secondary N) is 1. The number of benzene rings is 1. The molecule has 0 saturated heterocycles. The molecular formula is C13H12BrFN2O. The maximum absolute atomic E-state index is 13.2. The Kier molecular flexibility index (Phi) is 4.28. The van der Waals surface area contributed by atoms with E-state index in [9.17, 15) is 4.39 Å². The first kappa shape index (κ1) is 13.0. The van der Waals surface area contributed by atoms with Crippen LogP contribution in [0.15, 0.2) is 41.0 Å². The summed E-state index contributed by atoms with van der Waals surface area (Å²) in [5.41, 5.74) is 0.913. The van der Waals surface area contributed by atoms with Crippen LogP contribution in [0, 0.1) is 5.82 Å². The molecule has 3 nitrogen and oxygen atoms in total. The molecule has 0 bridgehead atoms. The van der Waals surface area contributed by atoms with Crippen LogP contribution in [-0.2, 0) is 6.54 Å². The molecule has 0 unspecified atom stereocenters. The number of pyridine rings is 1. The van der Waals surface area contributed by atoms with E-state index in [-0.39, 0.29) is 5.82 Å². The van der Waals surface area contributed by atoms with Crippen LogP contribution in [-0.4, -0.2) is 12.0 Å². The first-order chi connectivity index (χ1) is 8.70. The summed E-state index contributed by atoms with van der Waals surface area (Å²) in [7, 11) is 1.84. The lowest BCUT2D eigenvalue weighted by molar-refractivity contribution is 0.447. The summed E-state index contributed by atoms with van der Waals surface area (Å²) in [5.74, 6) is 0.531. The highest BCUT2D eigenvalue weighted by atomic mass is 79.9. The van der Waals surface area contributed by atoms with Crippen molar-refractivity contribution in [3.63, 3.8) is 0 Å². The van der Waals surface area contributed by atoms with E-state index in [1.54, 1.807) is 12.3 Å². The van der Waals surface area contributed by atoms with Crippen LogP contribution in [0.4, 0.5) is 4.39 Å². The standard InChI is InChI=1S/C13H12BrFN2O/c1-16-8-9-3-2-6-17-13(9)18-12-7-10(15)4-5-11(12)14/h2-7,16H,8H2,1H3. The summed E-state index contributed by atoms with van der Waals surface area (Å²) in [6.07, 6.45) is 1.64. The molecule has 94 valence electrons. The molecule has 0 aliphatic heterocycles. The van der Waals surface area contributed by atoms with Crippen molar-refractivity contribution in [2.45, 2.75) is 6.54 Å². The minimum atomic E-state index is -0.348. The Morgan fingerprint density at radius 1 is 1.39 bits per heavy atom. The highest BCUT2D eigenvalue weighted by Crippen LogP contribution is 2.30. The summed E-state index contributed by atoms with van der Waals surface area (Å²) in [5, 5.41) is 3.03. The fraction of sp³-hybridized carbons (Fsp3) is 0.154. The van der Waals surface area contributed by atoms with Crippen molar-refractivity contribution in [3.05, 3.63) is 52.4 Å². The van der Waals surface area contributed by atoms with E-state index in [4.69, 9.17) is 4.74 Å². The minimum absolute atomic E-state index is 0.348. The van der Waals surface area contributed by atoms with Crippen molar-refractivity contribution in [1.82, 2.24) is 10.3 Å². The molecule has 0 fully saturated rings. The normalized spacial score (nSPS) is 10.4. The van der Waals surface area contributed by atoms with Gasteiger partial charge < -0.3 is 10.1 Å². The van der Waals surface area contributed by atoms with Crippen LogP contribution in [0.5, 0.6) is 11.6 Å². The average Bonchev–Trinajstić information content (AvgIpc) is 2.36. The third kappa shape index (κ3) is 3.05. The van der Waals surface area contributed by atoms with E-state index in [1.165, 1.54) is 12.1 Å². The molecule has 0 atom stereocenters. The van der Waals surface area contributed by atoms with Gasteiger partial charge in [0.2, 0.25) is 5.88 Å². The van der Waals surface area contributed by atoms with Crippen molar-refractivity contribution < 1.29 is 9.13 Å². The second-order valence-corrected chi connectivity index (χ2v) is 4.53. The Bertz CT molecular complexity index is 548. The molecule has 1 aromatic carbocycles. The number of nitrogens with zero attached hydrogens (tertiary/aromatic N) is 1. The third-order valence-corrected chi connectivity index (χ3v) is 2.97. The zero-order valence-corrected chi connectivity index (χ0v) is 11.4. The van der Waals surface area contributed by atoms with Crippen LogP contribution < -0.4 is 10.1 Å². The molecule has 0 spiro atoms. The van der Waals surface area contributed by atoms with Gasteiger partial charge in [-0.1, -0.05) is 6.07 Å². The molecule has 1 heterocycles. The summed E-state index contributed by atoms with van der Waals surface area (Å²) in [6, 6.07) is 8.03. The van der Waals surface area contributed by atoms with Crippen LogP contribution in [0.1, 0.15) is 5.56 Å². The first-order valence-electron chi connectivity index (χ1n) is 5.42. The molecule has 0 aliphatic carbocycles. The topological polar surface area (TPSA) is 34.2 Å². The molecule has 0 radical (unpaired) electrons. The zero-order valence-electron chi connectivity index (χ0n) is 9.78. The van der Waals surface area contributed by atoms with Gasteiger partial charge in [0.1, 0.15) is 11.6 Å². The van der Waals surface area contributed by atoms with Gasteiger partial charge in [-0.15, -0.1) is 0 Å².